The van der Waals surface area contributed by atoms with Crippen molar-refractivity contribution in [1.82, 2.24) is 4.90 Å². The molecule has 0 bridgehead atoms. The van der Waals surface area contributed by atoms with Gasteiger partial charge in [-0.05, 0) is 55.2 Å². The zero-order valence-corrected chi connectivity index (χ0v) is 15.9. The molecular formula is C21H25N5O2. The Balaban J connectivity index is 1.71. The normalized spacial score (nSPS) is 14.6. The van der Waals surface area contributed by atoms with Crippen molar-refractivity contribution in [1.29, 1.82) is 5.41 Å². The van der Waals surface area contributed by atoms with Crippen LogP contribution in [0.25, 0.3) is 0 Å². The Kier molecular flexibility index (Phi) is 5.75. The maximum Gasteiger partial charge on any atom is 0.254 e. The summed E-state index contributed by atoms with van der Waals surface area (Å²) in [5.74, 6) is -0.423. The summed E-state index contributed by atoms with van der Waals surface area (Å²) in [6.07, 6.45) is 2.09. The van der Waals surface area contributed by atoms with Gasteiger partial charge in [0.25, 0.3) is 5.91 Å². The van der Waals surface area contributed by atoms with Crippen molar-refractivity contribution in [2.24, 2.45) is 11.5 Å². The van der Waals surface area contributed by atoms with Crippen molar-refractivity contribution in [3.8, 4) is 0 Å². The van der Waals surface area contributed by atoms with Crippen LogP contribution >= 0.6 is 0 Å². The number of amides is 2. The minimum Gasteiger partial charge on any atom is -0.384 e. The van der Waals surface area contributed by atoms with Crippen LogP contribution in [-0.2, 0) is 4.79 Å². The molecule has 1 fully saturated rings. The second kappa shape index (κ2) is 8.22. The number of nitrogens with one attached hydrogen (secondary N) is 2. The summed E-state index contributed by atoms with van der Waals surface area (Å²) in [6.45, 7) is 3.45. The summed E-state index contributed by atoms with van der Waals surface area (Å²) in [5, 5.41) is 10.3. The highest BCUT2D eigenvalue weighted by atomic mass is 16.2. The molecule has 1 saturated heterocycles. The third-order valence-electron chi connectivity index (χ3n) is 4.96. The Morgan fingerprint density at radius 3 is 2.50 bits per heavy atom. The molecule has 6 N–H and O–H groups in total. The van der Waals surface area contributed by atoms with E-state index in [-0.39, 0.29) is 17.6 Å². The van der Waals surface area contributed by atoms with Crippen molar-refractivity contribution in [3.05, 3.63) is 64.7 Å². The second-order valence-corrected chi connectivity index (χ2v) is 7.04. The molecular weight excluding hydrogens is 354 g/mol. The molecule has 1 aliphatic rings. The van der Waals surface area contributed by atoms with Crippen molar-refractivity contribution in [2.75, 3.05) is 18.4 Å². The number of carbonyl (C=O) groups is 2. The van der Waals surface area contributed by atoms with Crippen LogP contribution in [0.1, 0.15) is 45.9 Å². The van der Waals surface area contributed by atoms with Gasteiger partial charge in [-0.25, -0.2) is 0 Å². The standard InChI is InChI=1S/C21H25N5O2/c1-13-11-16(7-8-17(13)21(28)26-9-2-3-10-26)25-20(27)18(22)14-5-4-6-15(12-14)19(23)24/h4-8,11-12,18H,2-3,9-10,22H2,1H3,(H3,23,24)(H,25,27). The average molecular weight is 379 g/mol. The van der Waals surface area contributed by atoms with Gasteiger partial charge in [0.2, 0.25) is 5.91 Å². The smallest absolute Gasteiger partial charge is 0.254 e. The molecule has 1 heterocycles. The second-order valence-electron chi connectivity index (χ2n) is 7.04. The van der Waals surface area contributed by atoms with Crippen LogP contribution < -0.4 is 16.8 Å². The first kappa shape index (κ1) is 19.6. The fourth-order valence-electron chi connectivity index (χ4n) is 3.34. The van der Waals surface area contributed by atoms with E-state index in [0.717, 1.165) is 31.5 Å². The van der Waals surface area contributed by atoms with Crippen molar-refractivity contribution < 1.29 is 9.59 Å². The van der Waals surface area contributed by atoms with Crippen LogP contribution in [0.2, 0.25) is 0 Å². The van der Waals surface area contributed by atoms with Gasteiger partial charge in [-0.3, -0.25) is 15.0 Å². The molecule has 1 atom stereocenters. The summed E-state index contributed by atoms with van der Waals surface area (Å²) >= 11 is 0. The topological polar surface area (TPSA) is 125 Å². The third-order valence-corrected chi connectivity index (χ3v) is 4.96. The maximum atomic E-state index is 12.6. The van der Waals surface area contributed by atoms with Gasteiger partial charge >= 0.3 is 0 Å². The van der Waals surface area contributed by atoms with E-state index in [0.29, 0.717) is 22.4 Å². The lowest BCUT2D eigenvalue weighted by atomic mass is 10.0. The van der Waals surface area contributed by atoms with E-state index in [9.17, 15) is 9.59 Å². The summed E-state index contributed by atoms with van der Waals surface area (Å²) in [5.41, 5.74) is 14.7. The van der Waals surface area contributed by atoms with Crippen LogP contribution in [0.15, 0.2) is 42.5 Å². The molecule has 28 heavy (non-hydrogen) atoms. The molecule has 0 radical (unpaired) electrons. The minimum atomic E-state index is -0.898. The molecule has 0 aromatic heterocycles. The molecule has 2 amide bonds. The van der Waals surface area contributed by atoms with E-state index in [4.69, 9.17) is 16.9 Å². The first-order valence-corrected chi connectivity index (χ1v) is 9.27. The van der Waals surface area contributed by atoms with Crippen LogP contribution in [0.5, 0.6) is 0 Å². The lowest BCUT2D eigenvalue weighted by Crippen LogP contribution is -2.29. The molecule has 146 valence electrons. The highest BCUT2D eigenvalue weighted by Gasteiger charge is 2.22. The van der Waals surface area contributed by atoms with Gasteiger partial charge in [-0.2, -0.15) is 0 Å². The van der Waals surface area contributed by atoms with Gasteiger partial charge in [0, 0.05) is 29.9 Å². The fraction of sp³-hybridized carbons (Fsp3) is 0.286. The van der Waals surface area contributed by atoms with Crippen molar-refractivity contribution in [2.45, 2.75) is 25.8 Å². The highest BCUT2D eigenvalue weighted by Crippen LogP contribution is 2.21. The van der Waals surface area contributed by atoms with E-state index in [1.54, 1.807) is 42.5 Å². The number of aryl methyl sites for hydroxylation is 1. The minimum absolute atomic E-state index is 0.0330. The zero-order chi connectivity index (χ0) is 20.3. The number of anilines is 1. The van der Waals surface area contributed by atoms with Gasteiger partial charge in [0.1, 0.15) is 11.9 Å². The van der Waals surface area contributed by atoms with Crippen LogP contribution in [0.4, 0.5) is 5.69 Å². The number of nitrogens with zero attached hydrogens (tertiary/aromatic N) is 1. The first-order valence-electron chi connectivity index (χ1n) is 9.27. The molecule has 7 heteroatoms. The number of hydrogen-bond acceptors (Lipinski definition) is 4. The van der Waals surface area contributed by atoms with Gasteiger partial charge in [-0.15, -0.1) is 0 Å². The number of carbonyl (C=O) groups excluding carboxylic acids is 2. The zero-order valence-electron chi connectivity index (χ0n) is 15.9. The number of benzene rings is 2. The summed E-state index contributed by atoms with van der Waals surface area (Å²) in [4.78, 5) is 27.0. The Morgan fingerprint density at radius 1 is 1.14 bits per heavy atom. The summed E-state index contributed by atoms with van der Waals surface area (Å²) < 4.78 is 0. The largest absolute Gasteiger partial charge is 0.384 e. The molecule has 1 unspecified atom stereocenters. The maximum absolute atomic E-state index is 12.6. The van der Waals surface area contributed by atoms with E-state index >= 15 is 0 Å². The molecule has 0 spiro atoms. The fourth-order valence-corrected chi connectivity index (χ4v) is 3.34. The SMILES string of the molecule is Cc1cc(NC(=O)C(N)c2cccc(C(=N)N)c2)ccc1C(=O)N1CCCC1. The van der Waals surface area contributed by atoms with Gasteiger partial charge in [0.05, 0.1) is 0 Å². The Morgan fingerprint density at radius 2 is 1.86 bits per heavy atom. The number of nitrogens with two attached hydrogens (primary N) is 2. The third kappa shape index (κ3) is 4.20. The molecule has 3 rings (SSSR count). The quantitative estimate of drug-likeness (QED) is 0.469. The van der Waals surface area contributed by atoms with Gasteiger partial charge in [-0.1, -0.05) is 18.2 Å². The number of nitrogen functional groups attached to an aromatic ring is 1. The molecule has 1 aliphatic heterocycles. The lowest BCUT2D eigenvalue weighted by Gasteiger charge is -2.18. The first-order chi connectivity index (χ1) is 13.4. The Hall–Kier alpha value is -3.19. The van der Waals surface area contributed by atoms with Crippen molar-refractivity contribution >= 4 is 23.3 Å². The molecule has 0 aliphatic carbocycles. The summed E-state index contributed by atoms with van der Waals surface area (Å²) in [7, 11) is 0. The average Bonchev–Trinajstić information content (AvgIpc) is 3.22. The Labute approximate surface area is 164 Å². The molecule has 2 aromatic rings. The van der Waals surface area contributed by atoms with Crippen LogP contribution in [-0.4, -0.2) is 35.6 Å². The van der Waals surface area contributed by atoms with E-state index in [1.165, 1.54) is 0 Å². The predicted molar refractivity (Wildman–Crippen MR) is 109 cm³/mol. The van der Waals surface area contributed by atoms with Gasteiger partial charge < -0.3 is 21.7 Å². The Bertz CT molecular complexity index is 919. The lowest BCUT2D eigenvalue weighted by molar-refractivity contribution is -0.117. The monoisotopic (exact) mass is 379 g/mol. The van der Waals surface area contributed by atoms with E-state index < -0.39 is 6.04 Å². The summed E-state index contributed by atoms with van der Waals surface area (Å²) in [6, 6.07) is 11.1. The molecule has 0 saturated carbocycles. The molecule has 2 aromatic carbocycles. The van der Waals surface area contributed by atoms with Gasteiger partial charge in [0.15, 0.2) is 0 Å². The number of likely N-dealkylation sites (tertiary alicyclic amines) is 1. The number of hydrogen-bond donors (Lipinski definition) is 4. The molecule has 7 nitrogen and oxygen atoms in total. The van der Waals surface area contributed by atoms with E-state index in [2.05, 4.69) is 5.32 Å². The highest BCUT2D eigenvalue weighted by molar-refractivity contribution is 5.99. The van der Waals surface area contributed by atoms with Crippen molar-refractivity contribution in [3.63, 3.8) is 0 Å². The van der Waals surface area contributed by atoms with Crippen LogP contribution in [0.3, 0.4) is 0 Å². The number of rotatable bonds is 5. The predicted octanol–water partition coefficient (Wildman–Crippen LogP) is 2.15. The number of amidine groups is 1. The van der Waals surface area contributed by atoms with E-state index in [1.807, 2.05) is 11.8 Å². The van der Waals surface area contributed by atoms with Crippen LogP contribution in [0, 0.1) is 12.3 Å².